The van der Waals surface area contributed by atoms with E-state index in [2.05, 4.69) is 51.0 Å². The molecular formula is C27H30N6O2. The fraction of sp³-hybridized carbons (Fsp3) is 0.407. The van der Waals surface area contributed by atoms with E-state index in [-0.39, 0.29) is 12.5 Å². The third kappa shape index (κ3) is 3.91. The fourth-order valence-corrected chi connectivity index (χ4v) is 5.62. The molecule has 1 atom stereocenters. The molecule has 6 rings (SSSR count). The van der Waals surface area contributed by atoms with Crippen LogP contribution in [0.15, 0.2) is 42.6 Å². The van der Waals surface area contributed by atoms with Gasteiger partial charge < -0.3 is 19.9 Å². The van der Waals surface area contributed by atoms with Crippen molar-refractivity contribution < 1.29 is 9.90 Å². The molecule has 1 amide bonds. The second-order valence-electron chi connectivity index (χ2n) is 10.0. The van der Waals surface area contributed by atoms with E-state index >= 15 is 0 Å². The van der Waals surface area contributed by atoms with E-state index in [1.807, 2.05) is 18.3 Å². The molecule has 0 spiro atoms. The Hall–Kier alpha value is -3.52. The lowest BCUT2D eigenvalue weighted by atomic mass is 9.87. The number of nitrogens with zero attached hydrogens (tertiary/aromatic N) is 5. The Morgan fingerprint density at radius 2 is 1.86 bits per heavy atom. The molecule has 3 aromatic heterocycles. The Balaban J connectivity index is 1.36. The summed E-state index contributed by atoms with van der Waals surface area (Å²) in [5, 5.41) is 16.1. The maximum atomic E-state index is 11.8. The average molecular weight is 471 g/mol. The van der Waals surface area contributed by atoms with Crippen LogP contribution in [0.4, 0.5) is 11.8 Å². The first-order valence-corrected chi connectivity index (χ1v) is 12.4. The van der Waals surface area contributed by atoms with Crippen LogP contribution >= 0.6 is 0 Å². The van der Waals surface area contributed by atoms with E-state index in [1.54, 1.807) is 4.90 Å². The molecule has 1 aliphatic heterocycles. The van der Waals surface area contributed by atoms with Crippen molar-refractivity contribution in [2.45, 2.75) is 58.2 Å². The van der Waals surface area contributed by atoms with Crippen molar-refractivity contribution in [3.8, 4) is 0 Å². The molecule has 8 heteroatoms. The predicted molar refractivity (Wildman–Crippen MR) is 135 cm³/mol. The average Bonchev–Trinajstić information content (AvgIpc) is 3.18. The molecule has 8 nitrogen and oxygen atoms in total. The number of fused-ring (bicyclic) bond motifs is 4. The van der Waals surface area contributed by atoms with Gasteiger partial charge >= 0.3 is 0 Å². The van der Waals surface area contributed by atoms with Gasteiger partial charge in [-0.1, -0.05) is 31.2 Å². The van der Waals surface area contributed by atoms with Crippen molar-refractivity contribution in [1.29, 1.82) is 0 Å². The van der Waals surface area contributed by atoms with Crippen LogP contribution < -0.4 is 5.32 Å². The number of para-hydroxylation sites is 1. The van der Waals surface area contributed by atoms with E-state index in [0.717, 1.165) is 35.4 Å². The molecule has 180 valence electrons. The molecule has 0 unspecified atom stereocenters. The maximum Gasteiger partial charge on any atom is 0.230 e. The SMILES string of the molecule is CC(=O)N1Cc2ccc(Nc3ncc4c5ccccc5n(C5CCC(C)CC5)c4n3)nc2[C@@H](O)C1. The first kappa shape index (κ1) is 22.0. The fourth-order valence-electron chi connectivity index (χ4n) is 5.62. The third-order valence-corrected chi connectivity index (χ3v) is 7.57. The Labute approximate surface area is 204 Å². The number of benzene rings is 1. The highest BCUT2D eigenvalue weighted by Crippen LogP contribution is 2.38. The van der Waals surface area contributed by atoms with Crippen molar-refractivity contribution in [1.82, 2.24) is 24.4 Å². The molecule has 0 bridgehead atoms. The summed E-state index contributed by atoms with van der Waals surface area (Å²) < 4.78 is 2.41. The monoisotopic (exact) mass is 470 g/mol. The van der Waals surface area contributed by atoms with Crippen LogP contribution in [0.5, 0.6) is 0 Å². The molecule has 4 heterocycles. The summed E-state index contributed by atoms with van der Waals surface area (Å²) in [5.74, 6) is 1.78. The quantitative estimate of drug-likeness (QED) is 0.443. The van der Waals surface area contributed by atoms with Gasteiger partial charge in [0.05, 0.1) is 17.8 Å². The zero-order valence-electron chi connectivity index (χ0n) is 20.1. The minimum Gasteiger partial charge on any atom is -0.385 e. The van der Waals surface area contributed by atoms with Gasteiger partial charge in [-0.05, 0) is 49.3 Å². The highest BCUT2D eigenvalue weighted by atomic mass is 16.3. The summed E-state index contributed by atoms with van der Waals surface area (Å²) in [6, 6.07) is 12.7. The number of pyridine rings is 1. The first-order valence-electron chi connectivity index (χ1n) is 12.4. The van der Waals surface area contributed by atoms with Crippen LogP contribution in [0.3, 0.4) is 0 Å². The number of hydrogen-bond donors (Lipinski definition) is 2. The lowest BCUT2D eigenvalue weighted by Gasteiger charge is -2.30. The number of amides is 1. The number of nitrogens with one attached hydrogen (secondary N) is 1. The second kappa shape index (κ2) is 8.61. The Kier molecular flexibility index (Phi) is 5.40. The van der Waals surface area contributed by atoms with Crippen molar-refractivity contribution in [3.05, 3.63) is 53.9 Å². The van der Waals surface area contributed by atoms with Crippen LogP contribution in [0.1, 0.15) is 62.9 Å². The van der Waals surface area contributed by atoms with Crippen molar-refractivity contribution in [2.24, 2.45) is 5.92 Å². The molecule has 1 fully saturated rings. The van der Waals surface area contributed by atoms with E-state index in [9.17, 15) is 9.90 Å². The molecule has 1 saturated carbocycles. The highest BCUT2D eigenvalue weighted by molar-refractivity contribution is 6.06. The normalized spacial score (nSPS) is 22.4. The summed E-state index contributed by atoms with van der Waals surface area (Å²) in [5.41, 5.74) is 3.60. The summed E-state index contributed by atoms with van der Waals surface area (Å²) in [7, 11) is 0. The van der Waals surface area contributed by atoms with Gasteiger partial charge in [0, 0.05) is 36.5 Å². The molecule has 4 aromatic rings. The predicted octanol–water partition coefficient (Wildman–Crippen LogP) is 4.87. The largest absolute Gasteiger partial charge is 0.385 e. The van der Waals surface area contributed by atoms with Gasteiger partial charge in [0.2, 0.25) is 11.9 Å². The number of aromatic nitrogens is 4. The molecule has 0 radical (unpaired) electrons. The Morgan fingerprint density at radius 1 is 1.06 bits per heavy atom. The smallest absolute Gasteiger partial charge is 0.230 e. The van der Waals surface area contributed by atoms with Gasteiger partial charge in [-0.25, -0.2) is 9.97 Å². The second-order valence-corrected chi connectivity index (χ2v) is 10.0. The number of aliphatic hydroxyl groups excluding tert-OH is 1. The van der Waals surface area contributed by atoms with Gasteiger partial charge in [-0.3, -0.25) is 4.79 Å². The van der Waals surface area contributed by atoms with E-state index in [4.69, 9.17) is 4.98 Å². The molecule has 1 aliphatic carbocycles. The van der Waals surface area contributed by atoms with Crippen LogP contribution in [-0.4, -0.2) is 42.0 Å². The van der Waals surface area contributed by atoms with Crippen molar-refractivity contribution >= 4 is 39.6 Å². The molecule has 2 aliphatic rings. The van der Waals surface area contributed by atoms with Gasteiger partial charge in [0.1, 0.15) is 17.6 Å². The van der Waals surface area contributed by atoms with E-state index in [0.29, 0.717) is 30.0 Å². The van der Waals surface area contributed by atoms with Crippen LogP contribution in [0.2, 0.25) is 0 Å². The number of rotatable bonds is 3. The zero-order chi connectivity index (χ0) is 24.1. The molecule has 0 saturated heterocycles. The Bertz CT molecular complexity index is 1420. The molecular weight excluding hydrogens is 440 g/mol. The third-order valence-electron chi connectivity index (χ3n) is 7.57. The summed E-state index contributed by atoms with van der Waals surface area (Å²) in [4.78, 5) is 27.6. The summed E-state index contributed by atoms with van der Waals surface area (Å²) in [6.45, 7) is 4.56. The lowest BCUT2D eigenvalue weighted by Crippen LogP contribution is -2.37. The highest BCUT2D eigenvalue weighted by Gasteiger charge is 2.27. The number of aliphatic hydroxyl groups is 1. The standard InChI is InChI=1S/C27H30N6O2/c1-16-7-10-19(11-8-16)33-22-6-4-3-5-20(22)21-13-28-27(31-26(21)33)30-24-12-9-18-14-32(17(2)34)15-23(35)25(18)29-24/h3-6,9,12-13,16,19,23,35H,7-8,10-11,14-15H2,1-2H3,(H,28,29,30,31)/t16?,19?,23-/m0/s1. The minimum atomic E-state index is -0.816. The number of carbonyl (C=O) groups is 1. The van der Waals surface area contributed by atoms with Crippen molar-refractivity contribution in [3.63, 3.8) is 0 Å². The summed E-state index contributed by atoms with van der Waals surface area (Å²) in [6.07, 6.45) is 5.86. The van der Waals surface area contributed by atoms with Gasteiger partial charge in [-0.2, -0.15) is 4.98 Å². The topological polar surface area (TPSA) is 96.2 Å². The minimum absolute atomic E-state index is 0.0542. The van der Waals surface area contributed by atoms with Gasteiger partial charge in [0.25, 0.3) is 0 Å². The maximum absolute atomic E-state index is 11.8. The lowest BCUT2D eigenvalue weighted by molar-refractivity contribution is -0.131. The number of hydrogen-bond acceptors (Lipinski definition) is 6. The zero-order valence-corrected chi connectivity index (χ0v) is 20.1. The van der Waals surface area contributed by atoms with Crippen LogP contribution in [-0.2, 0) is 11.3 Å². The van der Waals surface area contributed by atoms with E-state index in [1.165, 1.54) is 30.7 Å². The van der Waals surface area contributed by atoms with Gasteiger partial charge in [-0.15, -0.1) is 0 Å². The number of β-amino-alcohol motifs (C(OH)–C–C–N with tert-alkyl or cyclic N) is 1. The molecule has 1 aromatic carbocycles. The molecule has 35 heavy (non-hydrogen) atoms. The number of anilines is 2. The number of carbonyl (C=O) groups excluding carboxylic acids is 1. The van der Waals surface area contributed by atoms with E-state index < -0.39 is 6.10 Å². The van der Waals surface area contributed by atoms with Crippen molar-refractivity contribution in [2.75, 3.05) is 11.9 Å². The van der Waals surface area contributed by atoms with Crippen LogP contribution in [0, 0.1) is 5.92 Å². The summed E-state index contributed by atoms with van der Waals surface area (Å²) >= 11 is 0. The van der Waals surface area contributed by atoms with Gasteiger partial charge in [0.15, 0.2) is 0 Å². The first-order chi connectivity index (χ1) is 17.0. The molecule has 2 N–H and O–H groups in total. The van der Waals surface area contributed by atoms with Crippen LogP contribution in [0.25, 0.3) is 21.9 Å². The Morgan fingerprint density at radius 3 is 2.66 bits per heavy atom.